The molecule has 0 aromatic carbocycles. The van der Waals surface area contributed by atoms with E-state index in [2.05, 4.69) is 5.32 Å². The molecule has 1 atom stereocenters. The quantitative estimate of drug-likeness (QED) is 0.725. The van der Waals surface area contributed by atoms with Crippen LogP contribution in [0.5, 0.6) is 0 Å². The Balaban J connectivity index is 2.38. The molecule has 1 aliphatic rings. The summed E-state index contributed by atoms with van der Waals surface area (Å²) in [6.45, 7) is 1.53. The first-order valence-corrected chi connectivity index (χ1v) is 4.44. The number of alkyl halides is 3. The Morgan fingerprint density at radius 3 is 2.79 bits per heavy atom. The zero-order valence-electron chi connectivity index (χ0n) is 7.64. The topological polar surface area (TPSA) is 39.1 Å². The zero-order chi connectivity index (χ0) is 10.6. The summed E-state index contributed by atoms with van der Waals surface area (Å²) < 4.78 is 35.7. The van der Waals surface area contributed by atoms with Crippen LogP contribution in [-0.2, 0) is 0 Å². The van der Waals surface area contributed by atoms with Crippen LogP contribution in [-0.4, -0.2) is 43.3 Å². The minimum Gasteiger partial charge on any atom is -0.313 e. The Morgan fingerprint density at radius 1 is 1.50 bits per heavy atom. The van der Waals surface area contributed by atoms with Crippen molar-refractivity contribution in [2.45, 2.75) is 18.6 Å². The average molecular weight is 207 g/mol. The van der Waals surface area contributed by atoms with Gasteiger partial charge in [-0.15, -0.1) is 0 Å². The highest BCUT2D eigenvalue weighted by molar-refractivity contribution is 4.96. The fourth-order valence-electron chi connectivity index (χ4n) is 1.41. The summed E-state index contributed by atoms with van der Waals surface area (Å²) in [5.41, 5.74) is 0. The summed E-state index contributed by atoms with van der Waals surface area (Å²) >= 11 is 0. The van der Waals surface area contributed by atoms with Crippen LogP contribution >= 0.6 is 0 Å². The molecule has 0 radical (unpaired) electrons. The molecule has 0 aromatic heterocycles. The van der Waals surface area contributed by atoms with Crippen molar-refractivity contribution < 1.29 is 13.2 Å². The molecule has 0 aliphatic carbocycles. The lowest BCUT2D eigenvalue weighted by Crippen LogP contribution is -2.51. The smallest absolute Gasteiger partial charge is 0.313 e. The molecular formula is C8H12F3N3. The molecule has 3 nitrogen and oxygen atoms in total. The maximum Gasteiger partial charge on any atom is 0.390 e. The number of piperazine rings is 1. The molecule has 1 N–H and O–H groups in total. The molecular weight excluding hydrogens is 195 g/mol. The van der Waals surface area contributed by atoms with Crippen LogP contribution < -0.4 is 5.32 Å². The number of rotatable bonds is 2. The van der Waals surface area contributed by atoms with E-state index in [1.807, 2.05) is 6.07 Å². The molecule has 0 spiro atoms. The summed E-state index contributed by atoms with van der Waals surface area (Å²) in [5, 5.41) is 11.6. The van der Waals surface area contributed by atoms with E-state index >= 15 is 0 Å². The molecule has 0 bridgehead atoms. The van der Waals surface area contributed by atoms with Crippen molar-refractivity contribution in [1.82, 2.24) is 10.2 Å². The van der Waals surface area contributed by atoms with Gasteiger partial charge in [-0.1, -0.05) is 0 Å². The predicted octanol–water partition coefficient (Wildman–Crippen LogP) is 0.736. The van der Waals surface area contributed by atoms with Gasteiger partial charge in [-0.25, -0.2) is 0 Å². The first kappa shape index (κ1) is 11.3. The number of hydrogen-bond acceptors (Lipinski definition) is 3. The minimum absolute atomic E-state index is 0.0800. The molecule has 1 heterocycles. The molecule has 1 rings (SSSR count). The predicted molar refractivity (Wildman–Crippen MR) is 44.5 cm³/mol. The van der Waals surface area contributed by atoms with Crippen molar-refractivity contribution in [3.05, 3.63) is 0 Å². The summed E-state index contributed by atoms with van der Waals surface area (Å²) in [6, 6.07) is 1.56. The summed E-state index contributed by atoms with van der Waals surface area (Å²) in [6.07, 6.45) is -4.98. The maximum atomic E-state index is 11.9. The molecule has 0 amide bonds. The fourth-order valence-corrected chi connectivity index (χ4v) is 1.41. The standard InChI is InChI=1S/C8H12F3N3/c9-8(10,11)1-3-14-4-2-13-6-7(14)5-12/h7,13H,1-4,6H2. The van der Waals surface area contributed by atoms with Crippen molar-refractivity contribution in [3.63, 3.8) is 0 Å². The number of halogens is 3. The van der Waals surface area contributed by atoms with E-state index in [4.69, 9.17) is 5.26 Å². The van der Waals surface area contributed by atoms with E-state index < -0.39 is 18.6 Å². The SMILES string of the molecule is N#CC1CNCCN1CCC(F)(F)F. The van der Waals surface area contributed by atoms with Crippen molar-refractivity contribution in [1.29, 1.82) is 5.26 Å². The van der Waals surface area contributed by atoms with Gasteiger partial charge in [0.15, 0.2) is 0 Å². The Labute approximate surface area is 80.5 Å². The third kappa shape index (κ3) is 3.52. The number of nitriles is 1. The summed E-state index contributed by atoms with van der Waals surface area (Å²) in [4.78, 5) is 1.57. The Hall–Kier alpha value is -0.800. The van der Waals surface area contributed by atoms with Crippen LogP contribution in [0, 0.1) is 11.3 Å². The first-order chi connectivity index (χ1) is 6.53. The third-order valence-electron chi connectivity index (χ3n) is 2.19. The number of nitrogens with zero attached hydrogens (tertiary/aromatic N) is 2. The normalized spacial score (nSPS) is 24.6. The van der Waals surface area contributed by atoms with E-state index in [-0.39, 0.29) is 6.54 Å². The van der Waals surface area contributed by atoms with Crippen molar-refractivity contribution >= 4 is 0 Å². The van der Waals surface area contributed by atoms with Crippen molar-refractivity contribution in [2.75, 3.05) is 26.2 Å². The van der Waals surface area contributed by atoms with E-state index in [0.29, 0.717) is 19.6 Å². The lowest BCUT2D eigenvalue weighted by Gasteiger charge is -2.31. The van der Waals surface area contributed by atoms with E-state index in [0.717, 1.165) is 0 Å². The molecule has 1 unspecified atom stereocenters. The summed E-state index contributed by atoms with van der Waals surface area (Å²) in [5.74, 6) is 0. The molecule has 14 heavy (non-hydrogen) atoms. The maximum absolute atomic E-state index is 11.9. The van der Waals surface area contributed by atoms with Gasteiger partial charge in [-0.2, -0.15) is 18.4 Å². The van der Waals surface area contributed by atoms with E-state index in [1.54, 1.807) is 4.90 Å². The second-order valence-corrected chi connectivity index (χ2v) is 3.25. The van der Waals surface area contributed by atoms with Crippen LogP contribution in [0.1, 0.15) is 6.42 Å². The van der Waals surface area contributed by atoms with Gasteiger partial charge in [0.2, 0.25) is 0 Å². The number of hydrogen-bond donors (Lipinski definition) is 1. The van der Waals surface area contributed by atoms with Gasteiger partial charge >= 0.3 is 6.18 Å². The minimum atomic E-state index is -4.13. The molecule has 1 aliphatic heterocycles. The second kappa shape index (κ2) is 4.62. The van der Waals surface area contributed by atoms with Crippen molar-refractivity contribution in [3.8, 4) is 6.07 Å². The summed E-state index contributed by atoms with van der Waals surface area (Å²) in [7, 11) is 0. The Morgan fingerprint density at radius 2 is 2.21 bits per heavy atom. The van der Waals surface area contributed by atoms with Crippen LogP contribution in [0.4, 0.5) is 13.2 Å². The first-order valence-electron chi connectivity index (χ1n) is 4.44. The monoisotopic (exact) mass is 207 g/mol. The van der Waals surface area contributed by atoms with Gasteiger partial charge < -0.3 is 5.32 Å². The van der Waals surface area contributed by atoms with Gasteiger partial charge in [0.05, 0.1) is 12.5 Å². The average Bonchev–Trinajstić information content (AvgIpc) is 2.14. The lowest BCUT2D eigenvalue weighted by atomic mass is 10.2. The third-order valence-corrected chi connectivity index (χ3v) is 2.19. The van der Waals surface area contributed by atoms with Gasteiger partial charge in [0.1, 0.15) is 6.04 Å². The van der Waals surface area contributed by atoms with Gasteiger partial charge in [0.25, 0.3) is 0 Å². The zero-order valence-corrected chi connectivity index (χ0v) is 7.64. The molecule has 1 saturated heterocycles. The Kier molecular flexibility index (Phi) is 3.72. The van der Waals surface area contributed by atoms with Gasteiger partial charge in [0, 0.05) is 26.2 Å². The van der Waals surface area contributed by atoms with E-state index in [9.17, 15) is 13.2 Å². The molecule has 0 aromatic rings. The highest BCUT2D eigenvalue weighted by atomic mass is 19.4. The van der Waals surface area contributed by atoms with Gasteiger partial charge in [-0.05, 0) is 0 Å². The van der Waals surface area contributed by atoms with Crippen LogP contribution in [0.3, 0.4) is 0 Å². The van der Waals surface area contributed by atoms with Crippen LogP contribution in [0.25, 0.3) is 0 Å². The lowest BCUT2D eigenvalue weighted by molar-refractivity contribution is -0.138. The molecule has 6 heteroatoms. The fraction of sp³-hybridized carbons (Fsp3) is 0.875. The van der Waals surface area contributed by atoms with Crippen molar-refractivity contribution in [2.24, 2.45) is 0 Å². The highest BCUT2D eigenvalue weighted by Gasteiger charge is 2.30. The van der Waals surface area contributed by atoms with Crippen LogP contribution in [0.2, 0.25) is 0 Å². The molecule has 80 valence electrons. The largest absolute Gasteiger partial charge is 0.390 e. The van der Waals surface area contributed by atoms with Crippen LogP contribution in [0.15, 0.2) is 0 Å². The molecule has 1 fully saturated rings. The Bertz CT molecular complexity index is 221. The second-order valence-electron chi connectivity index (χ2n) is 3.25. The number of nitrogens with one attached hydrogen (secondary N) is 1. The molecule has 0 saturated carbocycles. The van der Waals surface area contributed by atoms with Gasteiger partial charge in [-0.3, -0.25) is 4.90 Å². The van der Waals surface area contributed by atoms with E-state index in [1.165, 1.54) is 0 Å². The highest BCUT2D eigenvalue weighted by Crippen LogP contribution is 2.20.